The van der Waals surface area contributed by atoms with E-state index in [0.29, 0.717) is 24.7 Å². The van der Waals surface area contributed by atoms with Crippen LogP contribution in [0.3, 0.4) is 0 Å². The first-order chi connectivity index (χ1) is 16.1. The van der Waals surface area contributed by atoms with Crippen molar-refractivity contribution < 1.29 is 20.1 Å². The van der Waals surface area contributed by atoms with Crippen LogP contribution in [-0.4, -0.2) is 33.5 Å². The van der Waals surface area contributed by atoms with E-state index in [4.69, 9.17) is 0 Å². The number of allylic oxidation sites excluding steroid dienone is 4. The topological polar surface area (TPSA) is 77.8 Å². The Kier molecular flexibility index (Phi) is 6.54. The van der Waals surface area contributed by atoms with E-state index in [1.54, 1.807) is 0 Å². The first kappa shape index (κ1) is 26.7. The lowest BCUT2D eigenvalue weighted by Crippen LogP contribution is -2.55. The molecule has 0 saturated heterocycles. The minimum absolute atomic E-state index is 0.0316. The smallest absolute Gasteiger partial charge is 0.306 e. The monoisotopic (exact) mass is 484 g/mol. The molecule has 0 radical (unpaired) electrons. The van der Waals surface area contributed by atoms with Crippen LogP contribution in [-0.2, 0) is 4.79 Å². The maximum atomic E-state index is 12.6. The average molecular weight is 485 g/mol. The SMILES string of the molecule is C=C(CCC(C(=O)O)C1CC(O)C2(C)C3=CCC4C(C)(CCC(O)C4(C)C)C3=CCC12C)C(C)C. The fourth-order valence-corrected chi connectivity index (χ4v) is 8.81. The third kappa shape index (κ3) is 3.64. The van der Waals surface area contributed by atoms with Gasteiger partial charge >= 0.3 is 5.97 Å². The van der Waals surface area contributed by atoms with Crippen molar-refractivity contribution in [3.05, 3.63) is 35.5 Å². The van der Waals surface area contributed by atoms with Crippen LogP contribution in [0, 0.1) is 45.3 Å². The minimum atomic E-state index is -0.744. The van der Waals surface area contributed by atoms with E-state index in [1.807, 2.05) is 0 Å². The molecule has 35 heavy (non-hydrogen) atoms. The summed E-state index contributed by atoms with van der Waals surface area (Å²) in [6.07, 6.45) is 9.14. The van der Waals surface area contributed by atoms with Crippen molar-refractivity contribution >= 4 is 5.97 Å². The Labute approximate surface area is 212 Å². The molecule has 2 saturated carbocycles. The highest BCUT2D eigenvalue weighted by Crippen LogP contribution is 2.71. The van der Waals surface area contributed by atoms with Gasteiger partial charge in [-0.2, -0.15) is 0 Å². The Morgan fingerprint density at radius 3 is 2.34 bits per heavy atom. The molecular formula is C31H48O4. The highest BCUT2D eigenvalue weighted by Gasteiger charge is 2.67. The van der Waals surface area contributed by atoms with Crippen molar-refractivity contribution in [2.75, 3.05) is 0 Å². The molecule has 0 aromatic rings. The number of hydrogen-bond donors (Lipinski definition) is 3. The largest absolute Gasteiger partial charge is 0.481 e. The molecule has 0 aromatic carbocycles. The van der Waals surface area contributed by atoms with E-state index in [2.05, 4.69) is 67.2 Å². The van der Waals surface area contributed by atoms with Crippen LogP contribution >= 0.6 is 0 Å². The maximum Gasteiger partial charge on any atom is 0.306 e. The lowest BCUT2D eigenvalue weighted by atomic mass is 9.44. The Bertz CT molecular complexity index is 957. The summed E-state index contributed by atoms with van der Waals surface area (Å²) in [4.78, 5) is 12.6. The second-order valence-electron chi connectivity index (χ2n) is 13.8. The third-order valence-corrected chi connectivity index (χ3v) is 11.8. The van der Waals surface area contributed by atoms with Gasteiger partial charge in [-0.05, 0) is 90.1 Å². The molecule has 8 atom stereocenters. The van der Waals surface area contributed by atoms with Crippen molar-refractivity contribution in [1.29, 1.82) is 0 Å². The van der Waals surface area contributed by atoms with Crippen LogP contribution in [0.25, 0.3) is 0 Å². The zero-order valence-electron chi connectivity index (χ0n) is 23.0. The van der Waals surface area contributed by atoms with Crippen LogP contribution in [0.5, 0.6) is 0 Å². The van der Waals surface area contributed by atoms with Crippen molar-refractivity contribution in [2.24, 2.45) is 45.3 Å². The van der Waals surface area contributed by atoms with E-state index >= 15 is 0 Å². The number of carboxylic acid groups (broad SMARTS) is 1. The van der Waals surface area contributed by atoms with E-state index in [9.17, 15) is 20.1 Å². The second kappa shape index (κ2) is 8.58. The number of aliphatic carboxylic acids is 1. The van der Waals surface area contributed by atoms with E-state index in [-0.39, 0.29) is 28.3 Å². The first-order valence-electron chi connectivity index (χ1n) is 13.8. The molecule has 0 amide bonds. The van der Waals surface area contributed by atoms with Gasteiger partial charge in [0.25, 0.3) is 0 Å². The van der Waals surface area contributed by atoms with Gasteiger partial charge in [0, 0.05) is 5.41 Å². The molecule has 0 aliphatic heterocycles. The molecular weight excluding hydrogens is 436 g/mol. The Morgan fingerprint density at radius 2 is 1.74 bits per heavy atom. The molecule has 2 fully saturated rings. The summed E-state index contributed by atoms with van der Waals surface area (Å²) in [5, 5.41) is 32.8. The molecule has 0 aromatic heterocycles. The van der Waals surface area contributed by atoms with Crippen molar-refractivity contribution in [3.63, 3.8) is 0 Å². The maximum absolute atomic E-state index is 12.6. The standard InChI is InChI=1S/C31H48O4/c1-18(2)19(3)9-10-20(27(34)35)23-17-26(33)31(8)22-11-12-24-28(4,5)25(32)14-15-29(24,6)21(22)13-16-30(23,31)7/h11,13,18,20,23-26,32-33H,3,9-10,12,14-17H2,1-2,4-8H3,(H,34,35). The number of carbonyl (C=O) groups is 1. The quantitative estimate of drug-likeness (QED) is 0.374. The predicted molar refractivity (Wildman–Crippen MR) is 141 cm³/mol. The molecule has 4 rings (SSSR count). The summed E-state index contributed by atoms with van der Waals surface area (Å²) in [5.74, 6) is -0.623. The molecule has 4 heteroatoms. The summed E-state index contributed by atoms with van der Waals surface area (Å²) >= 11 is 0. The normalized spacial score (nSPS) is 42.9. The fourth-order valence-electron chi connectivity index (χ4n) is 8.81. The van der Waals surface area contributed by atoms with E-state index in [1.165, 1.54) is 11.1 Å². The van der Waals surface area contributed by atoms with Gasteiger partial charge < -0.3 is 15.3 Å². The molecule has 4 aliphatic rings. The highest BCUT2D eigenvalue weighted by molar-refractivity contribution is 5.71. The zero-order valence-corrected chi connectivity index (χ0v) is 23.0. The molecule has 4 nitrogen and oxygen atoms in total. The van der Waals surface area contributed by atoms with Gasteiger partial charge in [0.05, 0.1) is 18.1 Å². The molecule has 0 heterocycles. The Balaban J connectivity index is 1.73. The summed E-state index contributed by atoms with van der Waals surface area (Å²) in [7, 11) is 0. The number of aliphatic hydroxyl groups is 2. The Morgan fingerprint density at radius 1 is 1.09 bits per heavy atom. The van der Waals surface area contributed by atoms with E-state index in [0.717, 1.165) is 37.7 Å². The fraction of sp³-hybridized carbons (Fsp3) is 0.774. The number of hydrogen-bond acceptors (Lipinski definition) is 3. The summed E-state index contributed by atoms with van der Waals surface area (Å²) < 4.78 is 0. The summed E-state index contributed by atoms with van der Waals surface area (Å²) in [6.45, 7) is 19.6. The van der Waals surface area contributed by atoms with Gasteiger partial charge in [-0.25, -0.2) is 0 Å². The van der Waals surface area contributed by atoms with Gasteiger partial charge in [0.1, 0.15) is 0 Å². The lowest BCUT2D eigenvalue weighted by molar-refractivity contribution is -0.146. The zero-order chi connectivity index (χ0) is 26.1. The van der Waals surface area contributed by atoms with Gasteiger partial charge in [-0.1, -0.05) is 72.8 Å². The van der Waals surface area contributed by atoms with Gasteiger partial charge in [0.2, 0.25) is 0 Å². The van der Waals surface area contributed by atoms with Crippen molar-refractivity contribution in [3.8, 4) is 0 Å². The molecule has 0 bridgehead atoms. The van der Waals surface area contributed by atoms with Gasteiger partial charge in [-0.15, -0.1) is 0 Å². The second-order valence-corrected chi connectivity index (χ2v) is 13.8. The number of aliphatic hydroxyl groups excluding tert-OH is 2. The van der Waals surface area contributed by atoms with Crippen LogP contribution in [0.1, 0.15) is 93.4 Å². The Hall–Kier alpha value is -1.39. The third-order valence-electron chi connectivity index (χ3n) is 11.8. The van der Waals surface area contributed by atoms with E-state index < -0.39 is 23.4 Å². The lowest BCUT2D eigenvalue weighted by Gasteiger charge is -2.61. The van der Waals surface area contributed by atoms with Crippen LogP contribution in [0.2, 0.25) is 0 Å². The van der Waals surface area contributed by atoms with Crippen molar-refractivity contribution in [1.82, 2.24) is 0 Å². The summed E-state index contributed by atoms with van der Waals surface area (Å²) in [6, 6.07) is 0. The minimum Gasteiger partial charge on any atom is -0.481 e. The molecule has 3 N–H and O–H groups in total. The molecule has 8 unspecified atom stereocenters. The van der Waals surface area contributed by atoms with Crippen LogP contribution in [0.4, 0.5) is 0 Å². The molecule has 0 spiro atoms. The number of rotatable bonds is 6. The summed E-state index contributed by atoms with van der Waals surface area (Å²) in [5.41, 5.74) is 2.72. The number of fused-ring (bicyclic) bond motifs is 5. The van der Waals surface area contributed by atoms with Crippen LogP contribution in [0.15, 0.2) is 35.5 Å². The molecule has 196 valence electrons. The molecule has 4 aliphatic carbocycles. The average Bonchev–Trinajstić information content (AvgIpc) is 2.98. The predicted octanol–water partition coefficient (Wildman–Crippen LogP) is 6.54. The number of carboxylic acids is 1. The van der Waals surface area contributed by atoms with Gasteiger partial charge in [0.15, 0.2) is 0 Å². The highest BCUT2D eigenvalue weighted by atomic mass is 16.4. The van der Waals surface area contributed by atoms with Crippen LogP contribution < -0.4 is 0 Å². The first-order valence-corrected chi connectivity index (χ1v) is 13.8. The van der Waals surface area contributed by atoms with Gasteiger partial charge in [-0.3, -0.25) is 4.79 Å². The van der Waals surface area contributed by atoms with Crippen molar-refractivity contribution in [2.45, 2.75) is 106 Å².